The van der Waals surface area contributed by atoms with E-state index in [0.29, 0.717) is 23.9 Å². The van der Waals surface area contributed by atoms with Gasteiger partial charge in [0.2, 0.25) is 5.91 Å². The molecule has 3 unspecified atom stereocenters. The van der Waals surface area contributed by atoms with Gasteiger partial charge in [-0.15, -0.1) is 0 Å². The Morgan fingerprint density at radius 1 is 0.453 bits per heavy atom. The van der Waals surface area contributed by atoms with Gasteiger partial charge in [-0.1, -0.05) is 307 Å². The van der Waals surface area contributed by atoms with E-state index < -0.39 is 20.0 Å². The number of nitrogens with one attached hydrogen (secondary N) is 1. The maximum atomic E-state index is 13.0. The van der Waals surface area contributed by atoms with Crippen LogP contribution in [-0.4, -0.2) is 73.4 Å². The van der Waals surface area contributed by atoms with Crippen LogP contribution in [-0.2, 0) is 18.4 Å². The number of hydrogen-bond acceptors (Lipinski definition) is 5. The number of hydrogen-bond donors (Lipinski definition) is 3. The summed E-state index contributed by atoms with van der Waals surface area (Å²) in [4.78, 5) is 23.4. The molecule has 8 nitrogen and oxygen atoms in total. The van der Waals surface area contributed by atoms with Gasteiger partial charge in [-0.25, -0.2) is 4.57 Å². The first-order chi connectivity index (χ1) is 36.5. The van der Waals surface area contributed by atoms with Crippen molar-refractivity contribution in [1.82, 2.24) is 5.32 Å². The summed E-state index contributed by atoms with van der Waals surface area (Å²) in [6.45, 7) is 4.92. The number of aliphatic hydroxyl groups is 1. The van der Waals surface area contributed by atoms with Crippen molar-refractivity contribution in [3.05, 3.63) is 36.5 Å². The van der Waals surface area contributed by atoms with Crippen molar-refractivity contribution in [2.75, 3.05) is 40.9 Å². The van der Waals surface area contributed by atoms with Crippen molar-refractivity contribution in [2.24, 2.45) is 0 Å². The lowest BCUT2D eigenvalue weighted by molar-refractivity contribution is -0.870. The summed E-state index contributed by atoms with van der Waals surface area (Å²) >= 11 is 0. The van der Waals surface area contributed by atoms with Crippen molar-refractivity contribution in [3.8, 4) is 0 Å². The smallest absolute Gasteiger partial charge is 0.391 e. The fourth-order valence-electron chi connectivity index (χ4n) is 10.00. The second-order valence-corrected chi connectivity index (χ2v) is 25.3. The van der Waals surface area contributed by atoms with Crippen LogP contribution >= 0.6 is 7.82 Å². The minimum Gasteiger partial charge on any atom is -0.391 e. The third-order valence-electron chi connectivity index (χ3n) is 15.1. The van der Waals surface area contributed by atoms with Crippen LogP contribution in [0.4, 0.5) is 0 Å². The maximum Gasteiger partial charge on any atom is 0.472 e. The summed E-state index contributed by atoms with van der Waals surface area (Å²) in [5.41, 5.74) is 0. The molecule has 0 spiro atoms. The number of carbonyl (C=O) groups excluding carboxylic acids is 1. The van der Waals surface area contributed by atoms with E-state index in [-0.39, 0.29) is 19.1 Å². The first-order valence-corrected chi connectivity index (χ1v) is 34.3. The van der Waals surface area contributed by atoms with Gasteiger partial charge in [0, 0.05) is 6.42 Å². The van der Waals surface area contributed by atoms with Gasteiger partial charge in [0.25, 0.3) is 0 Å². The summed E-state index contributed by atoms with van der Waals surface area (Å²) in [6.07, 6.45) is 75.1. The molecule has 0 bridgehead atoms. The molecule has 0 aromatic rings. The molecule has 1 amide bonds. The molecule has 3 atom stereocenters. The van der Waals surface area contributed by atoms with Crippen LogP contribution in [0.3, 0.4) is 0 Å². The van der Waals surface area contributed by atoms with Gasteiger partial charge >= 0.3 is 7.82 Å². The van der Waals surface area contributed by atoms with Crippen LogP contribution in [0.2, 0.25) is 0 Å². The lowest BCUT2D eigenvalue weighted by Crippen LogP contribution is -2.46. The Bertz CT molecular complexity index is 1320. The molecule has 0 saturated carbocycles. The number of rotatable bonds is 61. The quantitative estimate of drug-likeness (QED) is 0.0243. The van der Waals surface area contributed by atoms with Gasteiger partial charge in [0.05, 0.1) is 39.9 Å². The average Bonchev–Trinajstić information content (AvgIpc) is 3.37. The van der Waals surface area contributed by atoms with Crippen molar-refractivity contribution >= 4 is 13.7 Å². The molecular formula is C66H130N2O6P+. The Morgan fingerprint density at radius 2 is 0.760 bits per heavy atom. The normalized spacial score (nSPS) is 14.0. The van der Waals surface area contributed by atoms with Gasteiger partial charge in [-0.05, 0) is 51.4 Å². The molecule has 75 heavy (non-hydrogen) atoms. The molecular weight excluding hydrogens is 948 g/mol. The third-order valence-corrected chi connectivity index (χ3v) is 16.1. The number of aliphatic hydroxyl groups excluding tert-OH is 1. The molecule has 0 saturated heterocycles. The second kappa shape index (κ2) is 57.4. The highest BCUT2D eigenvalue weighted by molar-refractivity contribution is 7.47. The number of carbonyl (C=O) groups is 1. The van der Waals surface area contributed by atoms with Crippen LogP contribution in [0.15, 0.2) is 36.5 Å². The topological polar surface area (TPSA) is 105 Å². The zero-order valence-corrected chi connectivity index (χ0v) is 51.7. The van der Waals surface area contributed by atoms with Gasteiger partial charge in [-0.2, -0.15) is 0 Å². The summed E-state index contributed by atoms with van der Waals surface area (Å²) in [7, 11) is 1.62. The van der Waals surface area contributed by atoms with E-state index in [1.165, 1.54) is 244 Å². The number of phosphoric ester groups is 1. The number of unbranched alkanes of at least 4 members (excludes halogenated alkanes) is 42. The van der Waals surface area contributed by atoms with Gasteiger partial charge in [0.1, 0.15) is 13.2 Å². The number of phosphoric acid groups is 1. The van der Waals surface area contributed by atoms with E-state index in [4.69, 9.17) is 9.05 Å². The van der Waals surface area contributed by atoms with E-state index in [1.807, 2.05) is 21.1 Å². The summed E-state index contributed by atoms with van der Waals surface area (Å²) < 4.78 is 23.9. The molecule has 0 aliphatic heterocycles. The molecule has 444 valence electrons. The standard InChI is InChI=1S/C66H129N2O6P/c1-6-8-10-12-14-16-18-20-22-24-26-28-30-31-32-33-34-35-36-38-39-41-43-45-47-49-51-53-55-57-59-65(69)64(63-74-75(71,72)73-62-61-68(3,4)5)67-66(70)60-58-56-54-52-50-48-46-44-42-40-37-29-27-25-23-21-19-17-15-13-11-9-7-2/h19,21,25,27,37,40,64-65,69H,6-18,20,22-24,26,28-36,38-39,41-63H2,1-5H3,(H-,67,70,71,72)/p+1/b21-19-,27-25-,40-37-. The molecule has 0 fully saturated rings. The fourth-order valence-corrected chi connectivity index (χ4v) is 10.7. The lowest BCUT2D eigenvalue weighted by atomic mass is 10.0. The SMILES string of the molecule is CCCCCCC/C=C\C/C=C\C/C=C\CCCCCCCCCCC(=O)NC(COP(=O)(O)OCC[N+](C)(C)C)C(O)CCCCCCCCCCCCCCCCCCCCCCCCCCCCCCCC. The molecule has 0 aromatic heterocycles. The Morgan fingerprint density at radius 3 is 1.11 bits per heavy atom. The van der Waals surface area contributed by atoms with Crippen LogP contribution < -0.4 is 5.32 Å². The number of nitrogens with zero attached hydrogens (tertiary/aromatic N) is 1. The van der Waals surface area contributed by atoms with E-state index in [2.05, 4.69) is 55.6 Å². The summed E-state index contributed by atoms with van der Waals surface area (Å²) in [6, 6.07) is -0.767. The minimum absolute atomic E-state index is 0.0733. The monoisotopic (exact) mass is 1080 g/mol. The first kappa shape index (κ1) is 73.7. The van der Waals surface area contributed by atoms with E-state index in [0.717, 1.165) is 57.8 Å². The number of quaternary nitrogens is 1. The molecule has 0 rings (SSSR count). The van der Waals surface area contributed by atoms with Gasteiger partial charge in [-0.3, -0.25) is 13.8 Å². The average molecular weight is 1080 g/mol. The zero-order chi connectivity index (χ0) is 54.9. The predicted octanol–water partition coefficient (Wildman–Crippen LogP) is 20.5. The number of amides is 1. The molecule has 3 N–H and O–H groups in total. The highest BCUT2D eigenvalue weighted by atomic mass is 31.2. The van der Waals surface area contributed by atoms with E-state index in [1.54, 1.807) is 0 Å². The van der Waals surface area contributed by atoms with Crippen molar-refractivity contribution in [3.63, 3.8) is 0 Å². The van der Waals surface area contributed by atoms with Crippen LogP contribution in [0.5, 0.6) is 0 Å². The second-order valence-electron chi connectivity index (χ2n) is 23.9. The van der Waals surface area contributed by atoms with Crippen LogP contribution in [0, 0.1) is 0 Å². The Kier molecular flexibility index (Phi) is 56.4. The molecule has 9 heteroatoms. The summed E-state index contributed by atoms with van der Waals surface area (Å²) in [5.74, 6) is -0.147. The van der Waals surface area contributed by atoms with Gasteiger partial charge in [0.15, 0.2) is 0 Å². The largest absolute Gasteiger partial charge is 0.472 e. The highest BCUT2D eigenvalue weighted by Gasteiger charge is 2.28. The molecule has 0 radical (unpaired) electrons. The third kappa shape index (κ3) is 60.2. The lowest BCUT2D eigenvalue weighted by Gasteiger charge is -2.26. The van der Waals surface area contributed by atoms with E-state index >= 15 is 0 Å². The molecule has 0 aliphatic rings. The minimum atomic E-state index is -4.33. The van der Waals surface area contributed by atoms with Crippen molar-refractivity contribution < 1.29 is 32.9 Å². The Hall–Kier alpha value is -1.28. The fraction of sp³-hybridized carbons (Fsp3) is 0.894. The van der Waals surface area contributed by atoms with Crippen molar-refractivity contribution in [1.29, 1.82) is 0 Å². The van der Waals surface area contributed by atoms with Crippen LogP contribution in [0.1, 0.15) is 328 Å². The van der Waals surface area contributed by atoms with Crippen molar-refractivity contribution in [2.45, 2.75) is 341 Å². The van der Waals surface area contributed by atoms with E-state index in [9.17, 15) is 19.4 Å². The predicted molar refractivity (Wildman–Crippen MR) is 328 cm³/mol. The first-order valence-electron chi connectivity index (χ1n) is 32.9. The molecule has 0 heterocycles. The zero-order valence-electron chi connectivity index (χ0n) is 50.8. The Balaban J connectivity index is 4.07. The van der Waals surface area contributed by atoms with Crippen LogP contribution in [0.25, 0.3) is 0 Å². The molecule has 0 aromatic carbocycles. The van der Waals surface area contributed by atoms with Gasteiger partial charge < -0.3 is 19.8 Å². The maximum absolute atomic E-state index is 13.0. The summed E-state index contributed by atoms with van der Waals surface area (Å²) in [5, 5.41) is 14.1. The number of likely N-dealkylation sites (N-methyl/N-ethyl adjacent to an activating group) is 1. The Labute approximate surface area is 467 Å². The number of allylic oxidation sites excluding steroid dienone is 6. The molecule has 0 aliphatic carbocycles. The highest BCUT2D eigenvalue weighted by Crippen LogP contribution is 2.43.